The van der Waals surface area contributed by atoms with Crippen LogP contribution in [0.3, 0.4) is 0 Å². The Morgan fingerprint density at radius 3 is 2.57 bits per heavy atom. The molecular formula is C19H16N4O5. The lowest BCUT2D eigenvalue weighted by Gasteiger charge is -2.18. The van der Waals surface area contributed by atoms with Gasteiger partial charge in [-0.1, -0.05) is 6.07 Å². The van der Waals surface area contributed by atoms with Crippen LogP contribution in [0, 0.1) is 10.1 Å². The van der Waals surface area contributed by atoms with Crippen molar-refractivity contribution in [2.75, 3.05) is 23.3 Å². The fourth-order valence-electron chi connectivity index (χ4n) is 3.55. The highest BCUT2D eigenvalue weighted by Crippen LogP contribution is 2.32. The molecule has 0 atom stereocenters. The third-order valence-corrected chi connectivity index (χ3v) is 4.89. The molecule has 0 unspecified atom stereocenters. The summed E-state index contributed by atoms with van der Waals surface area (Å²) in [5, 5.41) is 16.3. The topological polar surface area (TPSA) is 122 Å². The van der Waals surface area contributed by atoms with Gasteiger partial charge in [-0.15, -0.1) is 0 Å². The highest BCUT2D eigenvalue weighted by molar-refractivity contribution is 6.25. The number of nitro groups is 1. The van der Waals surface area contributed by atoms with E-state index < -0.39 is 22.6 Å². The molecule has 3 amide bonds. The normalized spacial score (nSPS) is 15.4. The van der Waals surface area contributed by atoms with Crippen molar-refractivity contribution in [2.24, 2.45) is 0 Å². The summed E-state index contributed by atoms with van der Waals surface area (Å²) < 4.78 is 0. The maximum Gasteiger partial charge on any atom is 0.293 e. The van der Waals surface area contributed by atoms with Gasteiger partial charge in [0, 0.05) is 24.7 Å². The number of nitro benzene ring substituents is 1. The zero-order chi connectivity index (χ0) is 19.8. The van der Waals surface area contributed by atoms with E-state index in [-0.39, 0.29) is 28.1 Å². The number of imide groups is 1. The Hall–Kier alpha value is -3.75. The van der Waals surface area contributed by atoms with E-state index >= 15 is 0 Å². The molecule has 0 radical (unpaired) electrons. The van der Waals surface area contributed by atoms with Gasteiger partial charge in [0.2, 0.25) is 0 Å². The lowest BCUT2D eigenvalue weighted by atomic mass is 10.1. The Morgan fingerprint density at radius 1 is 1.11 bits per heavy atom. The molecule has 9 nitrogen and oxygen atoms in total. The second-order valence-corrected chi connectivity index (χ2v) is 6.62. The molecule has 2 heterocycles. The zero-order valence-electron chi connectivity index (χ0n) is 14.7. The van der Waals surface area contributed by atoms with Crippen LogP contribution in [0.4, 0.5) is 17.1 Å². The predicted octanol–water partition coefficient (Wildman–Crippen LogP) is 2.33. The molecule has 2 aliphatic rings. The maximum absolute atomic E-state index is 12.6. The van der Waals surface area contributed by atoms with Crippen molar-refractivity contribution in [1.29, 1.82) is 0 Å². The van der Waals surface area contributed by atoms with Crippen LogP contribution in [-0.2, 0) is 0 Å². The minimum atomic E-state index is -0.600. The molecule has 28 heavy (non-hydrogen) atoms. The number of anilines is 2. The quantitative estimate of drug-likeness (QED) is 0.477. The number of amides is 3. The van der Waals surface area contributed by atoms with Crippen molar-refractivity contribution in [3.8, 4) is 0 Å². The van der Waals surface area contributed by atoms with E-state index in [2.05, 4.69) is 10.6 Å². The Labute approximate surface area is 159 Å². The van der Waals surface area contributed by atoms with Gasteiger partial charge in [0.05, 0.1) is 21.7 Å². The Bertz CT molecular complexity index is 1030. The second-order valence-electron chi connectivity index (χ2n) is 6.62. The molecule has 0 saturated carbocycles. The molecule has 4 rings (SSSR count). The highest BCUT2D eigenvalue weighted by atomic mass is 16.6. The highest BCUT2D eigenvalue weighted by Gasteiger charge is 2.30. The number of fused-ring (bicyclic) bond motifs is 1. The van der Waals surface area contributed by atoms with Crippen molar-refractivity contribution in [3.63, 3.8) is 0 Å². The fraction of sp³-hybridized carbons (Fsp3) is 0.211. The summed E-state index contributed by atoms with van der Waals surface area (Å²) in [5.41, 5.74) is 0.890. The first kappa shape index (κ1) is 17.7. The van der Waals surface area contributed by atoms with Gasteiger partial charge >= 0.3 is 0 Å². The lowest BCUT2D eigenvalue weighted by molar-refractivity contribution is -0.384. The first-order chi connectivity index (χ1) is 13.5. The van der Waals surface area contributed by atoms with E-state index in [1.165, 1.54) is 24.3 Å². The van der Waals surface area contributed by atoms with Crippen molar-refractivity contribution in [1.82, 2.24) is 5.32 Å². The van der Waals surface area contributed by atoms with Crippen molar-refractivity contribution in [2.45, 2.75) is 12.8 Å². The molecule has 1 fully saturated rings. The van der Waals surface area contributed by atoms with Crippen LogP contribution in [0.2, 0.25) is 0 Å². The number of benzene rings is 2. The van der Waals surface area contributed by atoms with E-state index in [0.717, 1.165) is 25.9 Å². The monoisotopic (exact) mass is 380 g/mol. The van der Waals surface area contributed by atoms with Gasteiger partial charge in [-0.3, -0.25) is 29.8 Å². The number of hydrogen-bond acceptors (Lipinski definition) is 6. The van der Waals surface area contributed by atoms with Gasteiger partial charge in [0.25, 0.3) is 23.4 Å². The SMILES string of the molecule is O=C(Nc1cccc2c1C(=O)NC2=O)c1ccc(N2CCCC2)c([N+](=O)[O-])c1. The van der Waals surface area contributed by atoms with E-state index in [0.29, 0.717) is 5.69 Å². The summed E-state index contributed by atoms with van der Waals surface area (Å²) in [6, 6.07) is 8.86. The number of rotatable bonds is 4. The largest absolute Gasteiger partial charge is 0.366 e. The van der Waals surface area contributed by atoms with E-state index in [1.807, 2.05) is 4.90 Å². The molecule has 0 aliphatic carbocycles. The molecule has 0 bridgehead atoms. The molecule has 2 N–H and O–H groups in total. The molecular weight excluding hydrogens is 364 g/mol. The van der Waals surface area contributed by atoms with Crippen molar-refractivity contribution in [3.05, 3.63) is 63.2 Å². The predicted molar refractivity (Wildman–Crippen MR) is 101 cm³/mol. The molecule has 2 aromatic rings. The molecule has 0 spiro atoms. The van der Waals surface area contributed by atoms with Gasteiger partial charge in [-0.05, 0) is 37.1 Å². The summed E-state index contributed by atoms with van der Waals surface area (Å²) in [7, 11) is 0. The van der Waals surface area contributed by atoms with Crippen molar-refractivity contribution < 1.29 is 19.3 Å². The van der Waals surface area contributed by atoms with Gasteiger partial charge in [0.15, 0.2) is 0 Å². The molecule has 2 aliphatic heterocycles. The number of carbonyl (C=O) groups is 3. The van der Waals surface area contributed by atoms with Gasteiger partial charge in [-0.25, -0.2) is 0 Å². The standard InChI is InChI=1S/C19H16N4O5/c24-17(20-13-5-3-4-12-16(13)19(26)21-18(12)25)11-6-7-14(15(10-11)23(27)28)22-8-1-2-9-22/h3-7,10H,1-2,8-9H2,(H,20,24)(H,21,25,26). The third kappa shape index (κ3) is 2.96. The summed E-state index contributed by atoms with van der Waals surface area (Å²) in [4.78, 5) is 49.3. The van der Waals surface area contributed by atoms with Crippen LogP contribution in [0.5, 0.6) is 0 Å². The summed E-state index contributed by atoms with van der Waals surface area (Å²) >= 11 is 0. The van der Waals surface area contributed by atoms with E-state index in [1.54, 1.807) is 12.1 Å². The van der Waals surface area contributed by atoms with E-state index in [4.69, 9.17) is 0 Å². The van der Waals surface area contributed by atoms with Crippen LogP contribution in [-0.4, -0.2) is 35.7 Å². The minimum absolute atomic E-state index is 0.0871. The van der Waals surface area contributed by atoms with Crippen LogP contribution in [0.1, 0.15) is 43.9 Å². The van der Waals surface area contributed by atoms with Crippen LogP contribution < -0.4 is 15.5 Å². The average molecular weight is 380 g/mol. The summed E-state index contributed by atoms with van der Waals surface area (Å²) in [6.07, 6.45) is 1.94. The summed E-state index contributed by atoms with van der Waals surface area (Å²) in [6.45, 7) is 1.48. The molecule has 0 aromatic heterocycles. The Balaban J connectivity index is 1.65. The third-order valence-electron chi connectivity index (χ3n) is 4.89. The van der Waals surface area contributed by atoms with Crippen LogP contribution in [0.25, 0.3) is 0 Å². The number of nitrogens with one attached hydrogen (secondary N) is 2. The lowest BCUT2D eigenvalue weighted by Crippen LogP contribution is -2.21. The second kappa shape index (κ2) is 6.76. The number of hydrogen-bond donors (Lipinski definition) is 2. The molecule has 2 aromatic carbocycles. The van der Waals surface area contributed by atoms with E-state index in [9.17, 15) is 24.5 Å². The van der Waals surface area contributed by atoms with Crippen LogP contribution >= 0.6 is 0 Å². The first-order valence-electron chi connectivity index (χ1n) is 8.79. The Morgan fingerprint density at radius 2 is 1.86 bits per heavy atom. The minimum Gasteiger partial charge on any atom is -0.366 e. The van der Waals surface area contributed by atoms with Crippen molar-refractivity contribution >= 4 is 34.8 Å². The maximum atomic E-state index is 12.6. The number of nitrogens with zero attached hydrogens (tertiary/aromatic N) is 2. The molecule has 142 valence electrons. The Kier molecular flexibility index (Phi) is 4.26. The van der Waals surface area contributed by atoms with Gasteiger partial charge < -0.3 is 10.2 Å². The zero-order valence-corrected chi connectivity index (χ0v) is 14.7. The average Bonchev–Trinajstić information content (AvgIpc) is 3.30. The van der Waals surface area contributed by atoms with Gasteiger partial charge in [0.1, 0.15) is 5.69 Å². The first-order valence-corrected chi connectivity index (χ1v) is 8.79. The smallest absolute Gasteiger partial charge is 0.293 e. The number of carbonyl (C=O) groups excluding carboxylic acids is 3. The molecule has 9 heteroatoms. The van der Waals surface area contributed by atoms with Crippen LogP contribution in [0.15, 0.2) is 36.4 Å². The fourth-order valence-corrected chi connectivity index (χ4v) is 3.55. The molecule has 1 saturated heterocycles. The van der Waals surface area contributed by atoms with Gasteiger partial charge in [-0.2, -0.15) is 0 Å². The summed E-state index contributed by atoms with van der Waals surface area (Å²) in [5.74, 6) is -1.72.